The van der Waals surface area contributed by atoms with Crippen LogP contribution in [-0.4, -0.2) is 60.0 Å². The van der Waals surface area contributed by atoms with E-state index in [1.54, 1.807) is 0 Å². The van der Waals surface area contributed by atoms with E-state index < -0.39 is 17.2 Å². The van der Waals surface area contributed by atoms with E-state index in [4.69, 9.17) is 0 Å². The molecule has 1 aromatic heterocycles. The summed E-state index contributed by atoms with van der Waals surface area (Å²) in [7, 11) is 0. The molecule has 0 aliphatic carbocycles. The number of piperazine rings is 1. The first kappa shape index (κ1) is 14.5. The van der Waals surface area contributed by atoms with Crippen LogP contribution in [0.3, 0.4) is 0 Å². The molecule has 2 rings (SSSR count). The van der Waals surface area contributed by atoms with Crippen LogP contribution in [0, 0.1) is 0 Å². The van der Waals surface area contributed by atoms with Crippen molar-refractivity contribution in [3.05, 3.63) is 32.6 Å². The number of carbonyl (C=O) groups is 1. The van der Waals surface area contributed by atoms with Crippen LogP contribution in [0.25, 0.3) is 0 Å². The molecule has 0 bridgehead atoms. The molecule has 1 fully saturated rings. The second-order valence-electron chi connectivity index (χ2n) is 4.70. The zero-order valence-electron chi connectivity index (χ0n) is 11.2. The van der Waals surface area contributed by atoms with Gasteiger partial charge in [-0.1, -0.05) is 0 Å². The molecular formula is C12H19N5O3. The van der Waals surface area contributed by atoms with E-state index in [0.717, 1.165) is 45.2 Å². The van der Waals surface area contributed by atoms with Crippen LogP contribution in [0.5, 0.6) is 0 Å². The molecule has 0 spiro atoms. The highest BCUT2D eigenvalue weighted by Crippen LogP contribution is 1.94. The average Bonchev–Trinajstić information content (AvgIpc) is 2.43. The summed E-state index contributed by atoms with van der Waals surface area (Å²) in [6, 6.07) is 1.08. The van der Waals surface area contributed by atoms with Crippen molar-refractivity contribution in [1.29, 1.82) is 0 Å². The number of hydrogen-bond donors (Lipinski definition) is 4. The van der Waals surface area contributed by atoms with Gasteiger partial charge in [0.05, 0.1) is 0 Å². The fourth-order valence-corrected chi connectivity index (χ4v) is 2.13. The van der Waals surface area contributed by atoms with Crippen LogP contribution in [-0.2, 0) is 0 Å². The SMILES string of the molecule is O=C(NCCCN1CCNCC1)c1cc(=O)[nH]c(=O)[nH]1. The number of H-pyrrole nitrogens is 2. The standard InChI is InChI=1S/C12H19N5O3/c18-10-8-9(15-12(20)16-10)11(19)14-2-1-5-17-6-3-13-4-7-17/h8,13H,1-7H2,(H,14,19)(H2,15,16,18,20). The molecule has 2 heterocycles. The van der Waals surface area contributed by atoms with Gasteiger partial charge in [0, 0.05) is 38.8 Å². The van der Waals surface area contributed by atoms with E-state index in [9.17, 15) is 14.4 Å². The molecule has 0 radical (unpaired) electrons. The Hall–Kier alpha value is -1.93. The highest BCUT2D eigenvalue weighted by molar-refractivity contribution is 5.91. The molecule has 4 N–H and O–H groups in total. The maximum atomic E-state index is 11.7. The lowest BCUT2D eigenvalue weighted by Gasteiger charge is -2.27. The Kier molecular flexibility index (Phi) is 5.08. The minimum absolute atomic E-state index is 0.0130. The maximum absolute atomic E-state index is 11.7. The summed E-state index contributed by atoms with van der Waals surface area (Å²) in [5.41, 5.74) is -1.27. The van der Waals surface area contributed by atoms with Gasteiger partial charge in [0.1, 0.15) is 5.69 Å². The van der Waals surface area contributed by atoms with Crippen LogP contribution in [0.15, 0.2) is 15.7 Å². The van der Waals surface area contributed by atoms with Crippen molar-refractivity contribution in [2.24, 2.45) is 0 Å². The minimum atomic E-state index is -0.677. The smallest absolute Gasteiger partial charge is 0.326 e. The lowest BCUT2D eigenvalue weighted by Crippen LogP contribution is -2.44. The molecule has 20 heavy (non-hydrogen) atoms. The number of aromatic amines is 2. The fourth-order valence-electron chi connectivity index (χ4n) is 2.13. The predicted molar refractivity (Wildman–Crippen MR) is 73.9 cm³/mol. The summed E-state index contributed by atoms with van der Waals surface area (Å²) in [5, 5.41) is 5.97. The van der Waals surface area contributed by atoms with E-state index in [2.05, 4.69) is 20.5 Å². The third-order valence-corrected chi connectivity index (χ3v) is 3.15. The van der Waals surface area contributed by atoms with Gasteiger partial charge in [-0.15, -0.1) is 0 Å². The Morgan fingerprint density at radius 1 is 1.25 bits per heavy atom. The zero-order valence-corrected chi connectivity index (χ0v) is 11.2. The number of carbonyl (C=O) groups excluding carboxylic acids is 1. The van der Waals surface area contributed by atoms with Crippen molar-refractivity contribution in [3.8, 4) is 0 Å². The van der Waals surface area contributed by atoms with Gasteiger partial charge < -0.3 is 20.5 Å². The Balaban J connectivity index is 1.74. The van der Waals surface area contributed by atoms with Crippen LogP contribution in [0.2, 0.25) is 0 Å². The number of nitrogens with zero attached hydrogens (tertiary/aromatic N) is 1. The minimum Gasteiger partial charge on any atom is -0.351 e. The Bertz CT molecular complexity index is 530. The van der Waals surface area contributed by atoms with Crippen LogP contribution < -0.4 is 21.9 Å². The molecule has 1 aromatic rings. The highest BCUT2D eigenvalue weighted by atomic mass is 16.2. The van der Waals surface area contributed by atoms with E-state index in [1.165, 1.54) is 0 Å². The summed E-state index contributed by atoms with van der Waals surface area (Å²) < 4.78 is 0. The number of amides is 1. The van der Waals surface area contributed by atoms with Gasteiger partial charge in [0.25, 0.3) is 11.5 Å². The number of nitrogens with one attached hydrogen (secondary N) is 4. The van der Waals surface area contributed by atoms with Gasteiger partial charge in [-0.2, -0.15) is 0 Å². The van der Waals surface area contributed by atoms with Crippen molar-refractivity contribution in [3.63, 3.8) is 0 Å². The van der Waals surface area contributed by atoms with Crippen molar-refractivity contribution in [1.82, 2.24) is 25.5 Å². The third kappa shape index (κ3) is 4.32. The summed E-state index contributed by atoms with van der Waals surface area (Å²) in [6.07, 6.45) is 0.833. The maximum Gasteiger partial charge on any atom is 0.326 e. The Morgan fingerprint density at radius 3 is 2.70 bits per heavy atom. The molecule has 1 saturated heterocycles. The monoisotopic (exact) mass is 281 g/mol. The molecule has 0 unspecified atom stereocenters. The van der Waals surface area contributed by atoms with Crippen LogP contribution in [0.1, 0.15) is 16.9 Å². The molecule has 8 nitrogen and oxygen atoms in total. The van der Waals surface area contributed by atoms with Crippen molar-refractivity contribution < 1.29 is 4.79 Å². The van der Waals surface area contributed by atoms with Crippen molar-refractivity contribution in [2.45, 2.75) is 6.42 Å². The lowest BCUT2D eigenvalue weighted by molar-refractivity contribution is 0.0945. The number of rotatable bonds is 5. The van der Waals surface area contributed by atoms with E-state index >= 15 is 0 Å². The molecular weight excluding hydrogens is 262 g/mol. The first-order valence-electron chi connectivity index (χ1n) is 6.70. The summed E-state index contributed by atoms with van der Waals surface area (Å²) >= 11 is 0. The largest absolute Gasteiger partial charge is 0.351 e. The van der Waals surface area contributed by atoms with Crippen molar-refractivity contribution >= 4 is 5.91 Å². The third-order valence-electron chi connectivity index (χ3n) is 3.15. The molecule has 110 valence electrons. The molecule has 1 aliphatic heterocycles. The Morgan fingerprint density at radius 2 is 2.00 bits per heavy atom. The molecule has 0 atom stereocenters. The van der Waals surface area contributed by atoms with Crippen LogP contribution >= 0.6 is 0 Å². The van der Waals surface area contributed by atoms with Gasteiger partial charge in [0.15, 0.2) is 0 Å². The molecule has 1 amide bonds. The summed E-state index contributed by atoms with van der Waals surface area (Å²) in [5.74, 6) is -0.437. The van der Waals surface area contributed by atoms with E-state index in [1.807, 2.05) is 4.98 Å². The van der Waals surface area contributed by atoms with Gasteiger partial charge in [0.2, 0.25) is 0 Å². The highest BCUT2D eigenvalue weighted by Gasteiger charge is 2.10. The zero-order chi connectivity index (χ0) is 14.4. The van der Waals surface area contributed by atoms with Gasteiger partial charge in [-0.05, 0) is 13.0 Å². The quantitative estimate of drug-likeness (QED) is 0.471. The molecule has 0 aromatic carbocycles. The summed E-state index contributed by atoms with van der Waals surface area (Å²) in [4.78, 5) is 40.5. The van der Waals surface area contributed by atoms with Gasteiger partial charge >= 0.3 is 5.69 Å². The van der Waals surface area contributed by atoms with Gasteiger partial charge in [-0.25, -0.2) is 4.79 Å². The van der Waals surface area contributed by atoms with E-state index in [-0.39, 0.29) is 5.69 Å². The van der Waals surface area contributed by atoms with Crippen molar-refractivity contribution in [2.75, 3.05) is 39.3 Å². The van der Waals surface area contributed by atoms with E-state index in [0.29, 0.717) is 6.54 Å². The second-order valence-corrected chi connectivity index (χ2v) is 4.70. The molecule has 0 saturated carbocycles. The first-order valence-corrected chi connectivity index (χ1v) is 6.70. The fraction of sp³-hybridized carbons (Fsp3) is 0.583. The second kappa shape index (κ2) is 7.01. The average molecular weight is 281 g/mol. The number of aromatic nitrogens is 2. The molecule has 8 heteroatoms. The van der Waals surface area contributed by atoms with Gasteiger partial charge in [-0.3, -0.25) is 14.6 Å². The summed E-state index contributed by atoms with van der Waals surface area (Å²) in [6.45, 7) is 5.48. The normalized spacial score (nSPS) is 16.0. The van der Waals surface area contributed by atoms with Crippen LogP contribution in [0.4, 0.5) is 0 Å². The number of hydrogen-bond acceptors (Lipinski definition) is 5. The molecule has 1 aliphatic rings. The first-order chi connectivity index (χ1) is 9.65. The lowest BCUT2D eigenvalue weighted by atomic mass is 10.3. The topological polar surface area (TPSA) is 110 Å². The Labute approximate surface area is 115 Å². The predicted octanol–water partition coefficient (Wildman–Crippen LogP) is -1.91.